The molecule has 0 aliphatic carbocycles. The van der Waals surface area contributed by atoms with E-state index >= 15 is 0 Å². The minimum atomic E-state index is -0.949. The SMILES string of the molecule is COCOCc1ccc(C=CC(=O)O)cc1C. The lowest BCUT2D eigenvalue weighted by Crippen LogP contribution is -1.98. The summed E-state index contributed by atoms with van der Waals surface area (Å²) in [6.07, 6.45) is 2.69. The van der Waals surface area contributed by atoms with Gasteiger partial charge < -0.3 is 14.6 Å². The lowest BCUT2D eigenvalue weighted by Gasteiger charge is -2.07. The number of carboxylic acids is 1. The summed E-state index contributed by atoms with van der Waals surface area (Å²) in [7, 11) is 1.58. The van der Waals surface area contributed by atoms with Crippen molar-refractivity contribution in [3.63, 3.8) is 0 Å². The molecule has 1 aromatic carbocycles. The van der Waals surface area contributed by atoms with Gasteiger partial charge in [-0.1, -0.05) is 18.2 Å². The molecule has 4 heteroatoms. The average molecular weight is 236 g/mol. The molecule has 0 saturated heterocycles. The first-order valence-corrected chi connectivity index (χ1v) is 5.20. The van der Waals surface area contributed by atoms with Crippen LogP contribution in [-0.2, 0) is 20.9 Å². The Kier molecular flexibility index (Phi) is 5.39. The van der Waals surface area contributed by atoms with Gasteiger partial charge in [0.15, 0.2) is 0 Å². The Bertz CT molecular complexity index is 410. The summed E-state index contributed by atoms with van der Waals surface area (Å²) in [6, 6.07) is 5.70. The first-order valence-electron chi connectivity index (χ1n) is 5.20. The lowest BCUT2D eigenvalue weighted by molar-refractivity contribution is -0.131. The predicted octanol–water partition coefficient (Wildman–Crippen LogP) is 2.21. The molecule has 0 aromatic heterocycles. The highest BCUT2D eigenvalue weighted by Crippen LogP contribution is 2.13. The predicted molar refractivity (Wildman–Crippen MR) is 64.5 cm³/mol. The highest BCUT2D eigenvalue weighted by atomic mass is 16.7. The second kappa shape index (κ2) is 6.83. The van der Waals surface area contributed by atoms with E-state index in [1.807, 2.05) is 25.1 Å². The van der Waals surface area contributed by atoms with E-state index in [0.29, 0.717) is 6.61 Å². The molecule has 1 aromatic rings. The molecule has 0 fully saturated rings. The number of benzene rings is 1. The van der Waals surface area contributed by atoms with E-state index in [4.69, 9.17) is 14.6 Å². The molecule has 0 spiro atoms. The largest absolute Gasteiger partial charge is 0.478 e. The van der Waals surface area contributed by atoms with Crippen LogP contribution in [0.15, 0.2) is 24.3 Å². The second-order valence-electron chi connectivity index (χ2n) is 3.61. The molecule has 4 nitrogen and oxygen atoms in total. The fourth-order valence-corrected chi connectivity index (χ4v) is 1.39. The van der Waals surface area contributed by atoms with Gasteiger partial charge in [0.05, 0.1) is 6.61 Å². The van der Waals surface area contributed by atoms with Crippen LogP contribution >= 0.6 is 0 Å². The van der Waals surface area contributed by atoms with Crippen molar-refractivity contribution in [2.75, 3.05) is 13.9 Å². The van der Waals surface area contributed by atoms with Crippen molar-refractivity contribution in [1.82, 2.24) is 0 Å². The molecule has 1 N–H and O–H groups in total. The molecule has 0 bridgehead atoms. The van der Waals surface area contributed by atoms with Crippen molar-refractivity contribution >= 4 is 12.0 Å². The van der Waals surface area contributed by atoms with E-state index in [-0.39, 0.29) is 6.79 Å². The summed E-state index contributed by atoms with van der Waals surface area (Å²) in [4.78, 5) is 10.4. The topological polar surface area (TPSA) is 55.8 Å². The second-order valence-corrected chi connectivity index (χ2v) is 3.61. The Morgan fingerprint density at radius 2 is 2.24 bits per heavy atom. The number of hydrogen-bond donors (Lipinski definition) is 1. The van der Waals surface area contributed by atoms with E-state index in [1.165, 1.54) is 0 Å². The Morgan fingerprint density at radius 3 is 2.82 bits per heavy atom. The van der Waals surface area contributed by atoms with Crippen LogP contribution in [0.25, 0.3) is 6.08 Å². The van der Waals surface area contributed by atoms with Crippen molar-refractivity contribution in [3.05, 3.63) is 41.0 Å². The van der Waals surface area contributed by atoms with Gasteiger partial charge in [-0.2, -0.15) is 0 Å². The molecule has 0 radical (unpaired) electrons. The summed E-state index contributed by atoms with van der Waals surface area (Å²) < 4.78 is 10.0. The number of ether oxygens (including phenoxy) is 2. The number of hydrogen-bond acceptors (Lipinski definition) is 3. The smallest absolute Gasteiger partial charge is 0.328 e. The summed E-state index contributed by atoms with van der Waals surface area (Å²) in [5.41, 5.74) is 2.99. The van der Waals surface area contributed by atoms with Crippen LogP contribution < -0.4 is 0 Å². The number of aliphatic carboxylic acids is 1. The maximum Gasteiger partial charge on any atom is 0.328 e. The molecule has 0 unspecified atom stereocenters. The van der Waals surface area contributed by atoms with Crippen molar-refractivity contribution in [2.45, 2.75) is 13.5 Å². The van der Waals surface area contributed by atoms with Gasteiger partial charge in [-0.3, -0.25) is 0 Å². The summed E-state index contributed by atoms with van der Waals surface area (Å²) >= 11 is 0. The summed E-state index contributed by atoms with van der Waals surface area (Å²) in [5.74, 6) is -0.949. The van der Waals surface area contributed by atoms with Gasteiger partial charge in [-0.15, -0.1) is 0 Å². The Balaban J connectivity index is 2.69. The zero-order valence-electron chi connectivity index (χ0n) is 9.97. The number of rotatable bonds is 6. The fourth-order valence-electron chi connectivity index (χ4n) is 1.39. The van der Waals surface area contributed by atoms with Crippen molar-refractivity contribution < 1.29 is 19.4 Å². The van der Waals surface area contributed by atoms with E-state index < -0.39 is 5.97 Å². The van der Waals surface area contributed by atoms with Gasteiger partial charge in [0.2, 0.25) is 0 Å². The first kappa shape index (κ1) is 13.4. The molecular formula is C13H16O4. The minimum absolute atomic E-state index is 0.264. The summed E-state index contributed by atoms with van der Waals surface area (Å²) in [6.45, 7) is 2.71. The molecule has 0 aliphatic rings. The molecule has 92 valence electrons. The molecule has 0 aliphatic heterocycles. The van der Waals surface area contributed by atoms with E-state index in [9.17, 15) is 4.79 Å². The number of methoxy groups -OCH3 is 1. The van der Waals surface area contributed by atoms with Gasteiger partial charge in [-0.05, 0) is 29.7 Å². The van der Waals surface area contributed by atoms with Gasteiger partial charge >= 0.3 is 5.97 Å². The number of carbonyl (C=O) groups is 1. The maximum absolute atomic E-state index is 10.4. The third-order valence-electron chi connectivity index (χ3n) is 2.24. The normalized spacial score (nSPS) is 10.9. The van der Waals surface area contributed by atoms with Crippen molar-refractivity contribution in [1.29, 1.82) is 0 Å². The average Bonchev–Trinajstić information content (AvgIpc) is 2.29. The Morgan fingerprint density at radius 1 is 1.47 bits per heavy atom. The Hall–Kier alpha value is -1.65. The van der Waals surface area contributed by atoms with Crippen LogP contribution in [0.3, 0.4) is 0 Å². The highest BCUT2D eigenvalue weighted by Gasteiger charge is 1.99. The molecule has 0 amide bonds. The molecule has 0 atom stereocenters. The van der Waals surface area contributed by atoms with Crippen LogP contribution in [0.1, 0.15) is 16.7 Å². The van der Waals surface area contributed by atoms with Crippen molar-refractivity contribution in [2.24, 2.45) is 0 Å². The quantitative estimate of drug-likeness (QED) is 0.467. The standard InChI is InChI=1S/C13H16O4/c1-10-7-11(4-6-13(14)15)3-5-12(10)8-17-9-16-2/h3-7H,8-9H2,1-2H3,(H,14,15). The molecule has 1 rings (SSSR count). The van der Waals surface area contributed by atoms with Crippen molar-refractivity contribution in [3.8, 4) is 0 Å². The minimum Gasteiger partial charge on any atom is -0.478 e. The first-order chi connectivity index (χ1) is 8.13. The number of aryl methyl sites for hydroxylation is 1. The van der Waals surface area contributed by atoms with E-state index in [1.54, 1.807) is 13.2 Å². The zero-order chi connectivity index (χ0) is 12.7. The third-order valence-corrected chi connectivity index (χ3v) is 2.24. The van der Waals surface area contributed by atoms with Gasteiger partial charge in [-0.25, -0.2) is 4.79 Å². The monoisotopic (exact) mass is 236 g/mol. The summed E-state index contributed by atoms with van der Waals surface area (Å²) in [5, 5.41) is 8.52. The zero-order valence-corrected chi connectivity index (χ0v) is 9.97. The van der Waals surface area contributed by atoms with Crippen LogP contribution in [0.5, 0.6) is 0 Å². The van der Waals surface area contributed by atoms with Crippen LogP contribution in [0.4, 0.5) is 0 Å². The van der Waals surface area contributed by atoms with Crippen LogP contribution in [0, 0.1) is 6.92 Å². The lowest BCUT2D eigenvalue weighted by atomic mass is 10.1. The maximum atomic E-state index is 10.4. The third kappa shape index (κ3) is 4.80. The Labute approximate surface area is 100 Å². The fraction of sp³-hybridized carbons (Fsp3) is 0.308. The molecular weight excluding hydrogens is 220 g/mol. The van der Waals surface area contributed by atoms with E-state index in [2.05, 4.69) is 0 Å². The van der Waals surface area contributed by atoms with Gasteiger partial charge in [0.25, 0.3) is 0 Å². The highest BCUT2D eigenvalue weighted by molar-refractivity contribution is 5.85. The molecule has 0 heterocycles. The molecule has 0 saturated carbocycles. The van der Waals surface area contributed by atoms with E-state index in [0.717, 1.165) is 22.8 Å². The molecule has 17 heavy (non-hydrogen) atoms. The number of carboxylic acid groups (broad SMARTS) is 1. The van der Waals surface area contributed by atoms with Crippen LogP contribution in [-0.4, -0.2) is 25.0 Å². The van der Waals surface area contributed by atoms with Gasteiger partial charge in [0.1, 0.15) is 6.79 Å². The van der Waals surface area contributed by atoms with Crippen LogP contribution in [0.2, 0.25) is 0 Å². The van der Waals surface area contributed by atoms with Gasteiger partial charge in [0, 0.05) is 13.2 Å².